The van der Waals surface area contributed by atoms with Crippen LogP contribution in [-0.2, 0) is 6.61 Å². The number of aromatic nitrogens is 1. The van der Waals surface area contributed by atoms with E-state index in [1.54, 1.807) is 19.1 Å². The molecule has 0 saturated carbocycles. The van der Waals surface area contributed by atoms with Gasteiger partial charge in [0.1, 0.15) is 5.75 Å². The van der Waals surface area contributed by atoms with E-state index >= 15 is 0 Å². The molecule has 7 heteroatoms. The van der Waals surface area contributed by atoms with Crippen LogP contribution in [0.2, 0.25) is 0 Å². The maximum Gasteiger partial charge on any atom is 0.319 e. The van der Waals surface area contributed by atoms with Crippen LogP contribution in [0.3, 0.4) is 0 Å². The Bertz CT molecular complexity index is 747. The van der Waals surface area contributed by atoms with Crippen LogP contribution in [0.4, 0.5) is 10.5 Å². The summed E-state index contributed by atoms with van der Waals surface area (Å²) in [6.45, 7) is 3.59. The molecule has 0 saturated heterocycles. The lowest BCUT2D eigenvalue weighted by atomic mass is 10.1. The summed E-state index contributed by atoms with van der Waals surface area (Å²) in [4.78, 5) is 20.1. The maximum atomic E-state index is 11.9. The maximum absolute atomic E-state index is 11.9. The molecule has 0 radical (unpaired) electrons. The summed E-state index contributed by atoms with van der Waals surface area (Å²) < 4.78 is 0. The SMILES string of the molecule is Cc1ncc(CO)c(C=NCC(C)NC(=O)Nc2ccccc2)c1O. The van der Waals surface area contributed by atoms with Gasteiger partial charge in [-0.1, -0.05) is 18.2 Å². The van der Waals surface area contributed by atoms with E-state index in [1.807, 2.05) is 25.1 Å². The topological polar surface area (TPSA) is 107 Å². The number of nitrogens with one attached hydrogen (secondary N) is 2. The van der Waals surface area contributed by atoms with Crippen molar-refractivity contribution < 1.29 is 15.0 Å². The second-order valence-corrected chi connectivity index (χ2v) is 5.65. The van der Waals surface area contributed by atoms with Crippen LogP contribution in [0.25, 0.3) is 0 Å². The fourth-order valence-corrected chi connectivity index (χ4v) is 2.18. The van der Waals surface area contributed by atoms with Gasteiger partial charge in [0.05, 0.1) is 18.8 Å². The minimum Gasteiger partial charge on any atom is -0.505 e. The van der Waals surface area contributed by atoms with Gasteiger partial charge in [-0.25, -0.2) is 4.79 Å². The molecule has 2 aromatic rings. The summed E-state index contributed by atoms with van der Waals surface area (Å²) in [6.07, 6.45) is 2.99. The van der Waals surface area contributed by atoms with E-state index < -0.39 is 0 Å². The number of hydrogen-bond acceptors (Lipinski definition) is 5. The van der Waals surface area contributed by atoms with Crippen molar-refractivity contribution in [3.63, 3.8) is 0 Å². The van der Waals surface area contributed by atoms with Gasteiger partial charge in [0.2, 0.25) is 0 Å². The van der Waals surface area contributed by atoms with E-state index in [0.717, 1.165) is 0 Å². The molecule has 7 nitrogen and oxygen atoms in total. The molecule has 0 bridgehead atoms. The van der Waals surface area contributed by atoms with Crippen LogP contribution in [0.15, 0.2) is 41.5 Å². The number of nitrogens with zero attached hydrogens (tertiary/aromatic N) is 2. The van der Waals surface area contributed by atoms with E-state index in [0.29, 0.717) is 29.1 Å². The zero-order chi connectivity index (χ0) is 18.2. The number of benzene rings is 1. The number of carbonyl (C=O) groups excluding carboxylic acids is 1. The Morgan fingerprint density at radius 3 is 2.76 bits per heavy atom. The Labute approximate surface area is 146 Å². The number of aliphatic hydroxyl groups is 1. The Morgan fingerprint density at radius 1 is 1.36 bits per heavy atom. The van der Waals surface area contributed by atoms with Crippen molar-refractivity contribution in [2.24, 2.45) is 4.99 Å². The standard InChI is InChI=1S/C18H22N4O3/c1-12(21-18(25)22-15-6-4-3-5-7-15)8-19-10-16-14(11-23)9-20-13(2)17(16)24/h3-7,9-10,12,23-24H,8,11H2,1-2H3,(H2,21,22,25). The minimum absolute atomic E-state index is 0.00210. The van der Waals surface area contributed by atoms with Crippen molar-refractivity contribution >= 4 is 17.9 Å². The molecule has 2 amide bonds. The lowest BCUT2D eigenvalue weighted by molar-refractivity contribution is 0.249. The molecule has 132 valence electrons. The van der Waals surface area contributed by atoms with Crippen molar-refractivity contribution in [3.8, 4) is 5.75 Å². The molecule has 0 spiro atoms. The van der Waals surface area contributed by atoms with Crippen molar-refractivity contribution in [3.05, 3.63) is 53.3 Å². The number of amides is 2. The third kappa shape index (κ3) is 5.29. The Balaban J connectivity index is 1.91. The number of aliphatic imine (C=N–C) groups is 1. The second kappa shape index (κ2) is 8.79. The van der Waals surface area contributed by atoms with Crippen LogP contribution in [-0.4, -0.2) is 40.0 Å². The lowest BCUT2D eigenvalue weighted by Crippen LogP contribution is -2.37. The number of para-hydroxylation sites is 1. The summed E-state index contributed by atoms with van der Waals surface area (Å²) in [6, 6.07) is 8.63. The molecule has 25 heavy (non-hydrogen) atoms. The van der Waals surface area contributed by atoms with E-state index in [4.69, 9.17) is 0 Å². The summed E-state index contributed by atoms with van der Waals surface area (Å²) in [5.41, 5.74) is 2.11. The first-order valence-corrected chi connectivity index (χ1v) is 7.92. The molecule has 4 N–H and O–H groups in total. The zero-order valence-electron chi connectivity index (χ0n) is 14.2. The summed E-state index contributed by atoms with van der Waals surface area (Å²) >= 11 is 0. The number of urea groups is 1. The smallest absolute Gasteiger partial charge is 0.319 e. The molecule has 1 atom stereocenters. The molecule has 1 aromatic heterocycles. The van der Waals surface area contributed by atoms with E-state index in [1.165, 1.54) is 12.4 Å². The van der Waals surface area contributed by atoms with Crippen molar-refractivity contribution in [2.45, 2.75) is 26.5 Å². The fourth-order valence-electron chi connectivity index (χ4n) is 2.18. The number of hydrogen-bond donors (Lipinski definition) is 4. The Morgan fingerprint density at radius 2 is 2.08 bits per heavy atom. The average molecular weight is 342 g/mol. The molecule has 1 unspecified atom stereocenters. The predicted molar refractivity (Wildman–Crippen MR) is 97.1 cm³/mol. The highest BCUT2D eigenvalue weighted by Crippen LogP contribution is 2.21. The van der Waals surface area contributed by atoms with Gasteiger partial charge in [0, 0.05) is 35.3 Å². The normalized spacial score (nSPS) is 12.1. The van der Waals surface area contributed by atoms with Crippen LogP contribution in [0.5, 0.6) is 5.75 Å². The van der Waals surface area contributed by atoms with Gasteiger partial charge in [-0.2, -0.15) is 0 Å². The highest BCUT2D eigenvalue weighted by atomic mass is 16.3. The van der Waals surface area contributed by atoms with Crippen molar-refractivity contribution in [1.29, 1.82) is 0 Å². The average Bonchev–Trinajstić information content (AvgIpc) is 2.59. The van der Waals surface area contributed by atoms with E-state index in [2.05, 4.69) is 20.6 Å². The summed E-state index contributed by atoms with van der Waals surface area (Å²) in [5, 5.41) is 24.9. The first kappa shape index (κ1) is 18.4. The molecule has 2 rings (SSSR count). The molecule has 0 aliphatic heterocycles. The van der Waals surface area contributed by atoms with Gasteiger partial charge in [0.15, 0.2) is 0 Å². The number of aryl methyl sites for hydroxylation is 1. The third-order valence-electron chi connectivity index (χ3n) is 3.54. The lowest BCUT2D eigenvalue weighted by Gasteiger charge is -2.13. The van der Waals surface area contributed by atoms with Crippen LogP contribution in [0, 0.1) is 6.92 Å². The van der Waals surface area contributed by atoms with Gasteiger partial charge in [-0.15, -0.1) is 0 Å². The molecule has 0 aliphatic rings. The van der Waals surface area contributed by atoms with Crippen molar-refractivity contribution in [1.82, 2.24) is 10.3 Å². The number of aromatic hydroxyl groups is 1. The van der Waals surface area contributed by atoms with E-state index in [-0.39, 0.29) is 24.4 Å². The third-order valence-corrected chi connectivity index (χ3v) is 3.54. The van der Waals surface area contributed by atoms with Crippen molar-refractivity contribution in [2.75, 3.05) is 11.9 Å². The highest BCUT2D eigenvalue weighted by molar-refractivity contribution is 5.89. The largest absolute Gasteiger partial charge is 0.505 e. The Hall–Kier alpha value is -2.93. The fraction of sp³-hybridized carbons (Fsp3) is 0.278. The van der Waals surface area contributed by atoms with Gasteiger partial charge >= 0.3 is 6.03 Å². The predicted octanol–water partition coefficient (Wildman–Crippen LogP) is 2.22. The quantitative estimate of drug-likeness (QED) is 0.604. The summed E-state index contributed by atoms with van der Waals surface area (Å²) in [7, 11) is 0. The van der Waals surface area contributed by atoms with Crippen LogP contribution in [0.1, 0.15) is 23.7 Å². The summed E-state index contributed by atoms with van der Waals surface area (Å²) in [5.74, 6) is -0.00210. The van der Waals surface area contributed by atoms with Crippen LogP contribution < -0.4 is 10.6 Å². The molecule has 1 heterocycles. The minimum atomic E-state index is -0.312. The number of aliphatic hydroxyl groups excluding tert-OH is 1. The zero-order valence-corrected chi connectivity index (χ0v) is 14.2. The molecular formula is C18H22N4O3. The monoisotopic (exact) mass is 342 g/mol. The number of anilines is 1. The number of rotatable bonds is 6. The Kier molecular flexibility index (Phi) is 6.47. The number of carbonyl (C=O) groups is 1. The van der Waals surface area contributed by atoms with Crippen LogP contribution >= 0.6 is 0 Å². The molecule has 0 fully saturated rings. The first-order valence-electron chi connectivity index (χ1n) is 7.92. The van der Waals surface area contributed by atoms with E-state index in [9.17, 15) is 15.0 Å². The van der Waals surface area contributed by atoms with Gasteiger partial charge in [-0.3, -0.25) is 9.98 Å². The highest BCUT2D eigenvalue weighted by Gasteiger charge is 2.10. The number of pyridine rings is 1. The second-order valence-electron chi connectivity index (χ2n) is 5.65. The molecule has 1 aromatic carbocycles. The molecular weight excluding hydrogens is 320 g/mol. The van der Waals surface area contributed by atoms with Gasteiger partial charge in [-0.05, 0) is 26.0 Å². The first-order chi connectivity index (χ1) is 12.0. The van der Waals surface area contributed by atoms with Gasteiger partial charge < -0.3 is 20.8 Å². The molecule has 0 aliphatic carbocycles. The van der Waals surface area contributed by atoms with Gasteiger partial charge in [0.25, 0.3) is 0 Å².